The van der Waals surface area contributed by atoms with Crippen molar-refractivity contribution in [2.45, 2.75) is 55.2 Å². The van der Waals surface area contributed by atoms with Crippen LogP contribution in [0.3, 0.4) is 0 Å². The highest BCUT2D eigenvalue weighted by Crippen LogP contribution is 2.57. The van der Waals surface area contributed by atoms with Gasteiger partial charge in [-0.05, 0) is 5.53 Å². The van der Waals surface area contributed by atoms with Gasteiger partial charge in [0.05, 0.1) is 19.3 Å². The van der Waals surface area contributed by atoms with Crippen molar-refractivity contribution in [2.75, 3.05) is 13.2 Å². The summed E-state index contributed by atoms with van der Waals surface area (Å²) < 4.78 is 47.5. The molecule has 0 aliphatic carbocycles. The van der Waals surface area contributed by atoms with E-state index >= 15 is 0 Å². The van der Waals surface area contributed by atoms with Crippen LogP contribution in [-0.2, 0) is 32.0 Å². The first kappa shape index (κ1) is 30.5. The molecule has 21 nitrogen and oxygen atoms in total. The lowest BCUT2D eigenvalue weighted by Crippen LogP contribution is -2.58. The number of phosphoric acid groups is 2. The van der Waals surface area contributed by atoms with Gasteiger partial charge < -0.3 is 49.3 Å². The quantitative estimate of drug-likeness (QED) is 0.0645. The molecule has 0 bridgehead atoms. The van der Waals surface area contributed by atoms with Crippen molar-refractivity contribution in [3.05, 3.63) is 43.5 Å². The molecule has 0 spiro atoms. The van der Waals surface area contributed by atoms with Crippen LogP contribution < -0.4 is 21.0 Å². The van der Waals surface area contributed by atoms with Gasteiger partial charge in [-0.15, -0.1) is 0 Å². The van der Waals surface area contributed by atoms with Crippen molar-refractivity contribution >= 4 is 15.6 Å². The van der Waals surface area contributed by atoms with E-state index in [4.69, 9.17) is 15.0 Å². The Morgan fingerprint density at radius 3 is 2.32 bits per heavy atom. The molecule has 214 valence electrons. The molecule has 2 aliphatic rings. The number of nitrogens with one attached hydrogen (secondary N) is 1. The summed E-state index contributed by atoms with van der Waals surface area (Å²) in [5, 5.41) is 52.9. The van der Waals surface area contributed by atoms with Gasteiger partial charge in [-0.2, -0.15) is 0 Å². The van der Waals surface area contributed by atoms with Crippen LogP contribution in [0.2, 0.25) is 0 Å². The van der Waals surface area contributed by atoms with E-state index < -0.39 is 95.3 Å². The highest BCUT2D eigenvalue weighted by atomic mass is 31.3. The average Bonchev–Trinajstić information content (AvgIpc) is 3.10. The summed E-state index contributed by atoms with van der Waals surface area (Å²) in [5.41, 5.74) is 6.56. The van der Waals surface area contributed by atoms with E-state index in [1.165, 1.54) is 0 Å². The fourth-order valence-corrected chi connectivity index (χ4v) is 5.53. The fourth-order valence-electron chi connectivity index (χ4n) is 3.45. The second-order valence-electron chi connectivity index (χ2n) is 7.87. The monoisotopic (exact) mass is 589 g/mol. The average molecular weight is 589 g/mol. The Kier molecular flexibility index (Phi) is 9.64. The van der Waals surface area contributed by atoms with Crippen molar-refractivity contribution in [3.8, 4) is 0 Å². The number of hydrogen-bond acceptors (Lipinski definition) is 17. The maximum atomic E-state index is 12.1. The van der Waals surface area contributed by atoms with Gasteiger partial charge in [0.1, 0.15) is 36.6 Å². The summed E-state index contributed by atoms with van der Waals surface area (Å²) in [7, 11) is -11.8. The van der Waals surface area contributed by atoms with Crippen molar-refractivity contribution < 1.29 is 67.3 Å². The van der Waals surface area contributed by atoms with E-state index in [0.29, 0.717) is 4.57 Å². The number of azide groups is 1. The number of rotatable bonds is 10. The lowest BCUT2D eigenvalue weighted by atomic mass is 9.99. The van der Waals surface area contributed by atoms with Gasteiger partial charge in [-0.3, -0.25) is 28.0 Å². The van der Waals surface area contributed by atoms with Gasteiger partial charge in [0, 0.05) is 17.2 Å². The first-order valence-electron chi connectivity index (χ1n) is 10.4. The topological polar surface area (TPSA) is 331 Å². The third-order valence-electron chi connectivity index (χ3n) is 5.29. The Bertz CT molecular complexity index is 1250. The molecule has 11 atom stereocenters. The summed E-state index contributed by atoms with van der Waals surface area (Å²) in [6, 6.07) is 0.908. The molecular weight excluding hydrogens is 568 g/mol. The van der Waals surface area contributed by atoms with Gasteiger partial charge in [0.2, 0.25) is 0 Å². The van der Waals surface area contributed by atoms with Gasteiger partial charge >= 0.3 is 5.69 Å². The molecule has 0 aromatic carbocycles. The van der Waals surface area contributed by atoms with Gasteiger partial charge in [-0.25, -0.2) is 9.11 Å². The normalized spacial score (nSPS) is 36.7. The Morgan fingerprint density at radius 2 is 1.68 bits per heavy atom. The number of hydrogen-bond donors (Lipinski definition) is 6. The Balaban J connectivity index is 1.62. The minimum atomic E-state index is -5.94. The summed E-state index contributed by atoms with van der Waals surface area (Å²) >= 11 is 0. The molecule has 6 N–H and O–H groups in total. The third-order valence-corrected chi connectivity index (χ3v) is 7.82. The van der Waals surface area contributed by atoms with Crippen LogP contribution in [0.5, 0.6) is 0 Å². The molecule has 0 saturated carbocycles. The molecule has 3 rings (SSSR count). The number of H-pyrrole nitrogens is 1. The number of phosphoric ester groups is 2. The first-order valence-corrected chi connectivity index (χ1v) is 13.3. The zero-order valence-electron chi connectivity index (χ0n) is 18.7. The van der Waals surface area contributed by atoms with E-state index in [1.807, 2.05) is 4.98 Å². The number of aliphatic hydroxyl groups excluding tert-OH is 5. The van der Waals surface area contributed by atoms with E-state index in [1.54, 1.807) is 0 Å². The van der Waals surface area contributed by atoms with E-state index in [-0.39, 0.29) is 0 Å². The van der Waals surface area contributed by atoms with Crippen molar-refractivity contribution in [1.82, 2.24) is 9.55 Å². The molecule has 2 fully saturated rings. The SMILES string of the molecule is [N-]=[N+]=NCC1OC(OP(=O)([O-])OP(=O)([O-])OCC2OC(n3ccc(=O)[nH]c3=O)C(O)C2O)C(O)C(O)C1O. The minimum Gasteiger partial charge on any atom is -0.756 e. The minimum absolute atomic E-state index is 0.629. The number of aromatic amines is 1. The van der Waals surface area contributed by atoms with Gasteiger partial charge in [0.15, 0.2) is 12.5 Å². The van der Waals surface area contributed by atoms with E-state index in [2.05, 4.69) is 23.4 Å². The fraction of sp³-hybridized carbons (Fsp3) is 0.733. The number of aliphatic hydroxyl groups is 5. The second kappa shape index (κ2) is 12.0. The Labute approximate surface area is 210 Å². The predicted molar refractivity (Wildman–Crippen MR) is 111 cm³/mol. The lowest BCUT2D eigenvalue weighted by Gasteiger charge is -2.42. The molecule has 11 unspecified atom stereocenters. The van der Waals surface area contributed by atoms with Crippen LogP contribution in [0, 0.1) is 0 Å². The number of nitrogens with zero attached hydrogens (tertiary/aromatic N) is 4. The molecule has 2 saturated heterocycles. The van der Waals surface area contributed by atoms with E-state index in [0.717, 1.165) is 12.3 Å². The van der Waals surface area contributed by atoms with Crippen LogP contribution in [0.25, 0.3) is 10.4 Å². The summed E-state index contributed by atoms with van der Waals surface area (Å²) in [6.07, 6.45) is -15.9. The third kappa shape index (κ3) is 7.13. The zero-order chi connectivity index (χ0) is 28.4. The number of aromatic nitrogens is 2. The zero-order valence-corrected chi connectivity index (χ0v) is 20.5. The molecule has 1 aromatic heterocycles. The maximum Gasteiger partial charge on any atom is 0.330 e. The Hall–Kier alpha value is -2.03. The molecule has 2 aliphatic heterocycles. The second-order valence-corrected chi connectivity index (χ2v) is 10.8. The van der Waals surface area contributed by atoms with Gasteiger partial charge in [0.25, 0.3) is 21.2 Å². The highest BCUT2D eigenvalue weighted by molar-refractivity contribution is 7.59. The maximum absolute atomic E-state index is 12.1. The number of ether oxygens (including phenoxy) is 2. The van der Waals surface area contributed by atoms with Crippen molar-refractivity contribution in [1.29, 1.82) is 0 Å². The predicted octanol–water partition coefficient (Wildman–Crippen LogP) is -4.74. The van der Waals surface area contributed by atoms with Crippen molar-refractivity contribution in [2.24, 2.45) is 5.11 Å². The lowest BCUT2D eigenvalue weighted by molar-refractivity contribution is -0.300. The standard InChI is InChI=1S/C15H23N5O16P2/c16-19-17-3-5-8(22)10(24)12(26)14(34-5)35-38(30,31)36-37(28,29)32-4-6-9(23)11(25)13(33-6)20-2-1-7(21)18-15(20)27/h1-2,5-6,8-14,22-26H,3-4H2,(H,28,29)(H,30,31)(H,18,21,27)/p-2. The molecular formula is C15H21N5O16P2-2. The van der Waals surface area contributed by atoms with Gasteiger partial charge in [-0.1, -0.05) is 5.11 Å². The van der Waals surface area contributed by atoms with Crippen LogP contribution >= 0.6 is 15.6 Å². The smallest absolute Gasteiger partial charge is 0.330 e. The van der Waals surface area contributed by atoms with Crippen LogP contribution in [0.15, 0.2) is 27.0 Å². The van der Waals surface area contributed by atoms with Crippen LogP contribution in [-0.4, -0.2) is 97.3 Å². The molecule has 23 heteroatoms. The summed E-state index contributed by atoms with van der Waals surface area (Å²) in [5.74, 6) is 0. The van der Waals surface area contributed by atoms with Crippen molar-refractivity contribution in [3.63, 3.8) is 0 Å². The molecule has 0 amide bonds. The van der Waals surface area contributed by atoms with Crippen LogP contribution in [0.4, 0.5) is 0 Å². The largest absolute Gasteiger partial charge is 0.756 e. The summed E-state index contributed by atoms with van der Waals surface area (Å²) in [6.45, 7) is -1.76. The summed E-state index contributed by atoms with van der Waals surface area (Å²) in [4.78, 5) is 51.5. The molecule has 0 radical (unpaired) electrons. The molecule has 1 aromatic rings. The Morgan fingerprint density at radius 1 is 1.03 bits per heavy atom. The van der Waals surface area contributed by atoms with E-state index in [9.17, 15) is 54.0 Å². The molecule has 38 heavy (non-hydrogen) atoms. The molecule has 3 heterocycles. The van der Waals surface area contributed by atoms with Crippen LogP contribution in [0.1, 0.15) is 6.23 Å². The first-order chi connectivity index (χ1) is 17.7. The highest BCUT2D eigenvalue weighted by Gasteiger charge is 2.47.